The molecule has 1 aliphatic heterocycles. The van der Waals surface area contributed by atoms with Crippen LogP contribution >= 0.6 is 11.8 Å². The van der Waals surface area contributed by atoms with E-state index in [0.717, 1.165) is 30.6 Å². The first-order chi connectivity index (χ1) is 13.1. The topological polar surface area (TPSA) is 77.4 Å². The van der Waals surface area contributed by atoms with Gasteiger partial charge < -0.3 is 29.2 Å². The summed E-state index contributed by atoms with van der Waals surface area (Å²) in [4.78, 5) is 1.05. The Balaban J connectivity index is 1.59. The highest BCUT2D eigenvalue weighted by Crippen LogP contribution is 2.39. The van der Waals surface area contributed by atoms with E-state index in [1.54, 1.807) is 0 Å². The Hall–Kier alpha value is -0.670. The molecule has 0 amide bonds. The number of hydrogen-bond donors (Lipinski definition) is 2. The maximum atomic E-state index is 10.9. The molecule has 2 fully saturated rings. The van der Waals surface area contributed by atoms with Crippen molar-refractivity contribution in [3.05, 3.63) is 30.3 Å². The maximum Gasteiger partial charge on any atom is 0.169 e. The zero-order valence-corrected chi connectivity index (χ0v) is 16.6. The van der Waals surface area contributed by atoms with Crippen molar-refractivity contribution >= 4 is 11.8 Å². The minimum absolute atomic E-state index is 0.00644. The molecule has 3 rings (SSSR count). The summed E-state index contributed by atoms with van der Waals surface area (Å²) in [7, 11) is 1.51. The van der Waals surface area contributed by atoms with Crippen LogP contribution in [0.15, 0.2) is 35.2 Å². The van der Waals surface area contributed by atoms with Gasteiger partial charge in [-0.1, -0.05) is 24.6 Å². The molecule has 1 spiro atoms. The fraction of sp³-hybridized carbons (Fsp3) is 0.700. The molecule has 27 heavy (non-hydrogen) atoms. The van der Waals surface area contributed by atoms with Crippen LogP contribution in [0.1, 0.15) is 32.1 Å². The van der Waals surface area contributed by atoms with Crippen molar-refractivity contribution < 1.29 is 29.2 Å². The van der Waals surface area contributed by atoms with Gasteiger partial charge in [-0.2, -0.15) is 0 Å². The molecule has 2 aliphatic rings. The van der Waals surface area contributed by atoms with Crippen molar-refractivity contribution in [1.82, 2.24) is 0 Å². The Morgan fingerprint density at radius 2 is 1.93 bits per heavy atom. The van der Waals surface area contributed by atoms with Gasteiger partial charge >= 0.3 is 0 Å². The summed E-state index contributed by atoms with van der Waals surface area (Å²) in [6.07, 6.45) is 1.86. The van der Waals surface area contributed by atoms with Crippen molar-refractivity contribution in [3.63, 3.8) is 0 Å². The number of benzene rings is 1. The molecule has 6 nitrogen and oxygen atoms in total. The minimum atomic E-state index is -0.993. The van der Waals surface area contributed by atoms with Gasteiger partial charge in [0.15, 0.2) is 5.79 Å². The first kappa shape index (κ1) is 21.0. The molecule has 1 heterocycles. The van der Waals surface area contributed by atoms with Crippen LogP contribution in [-0.2, 0) is 18.9 Å². The number of rotatable bonds is 9. The van der Waals surface area contributed by atoms with E-state index < -0.39 is 30.2 Å². The molecule has 1 saturated heterocycles. The molecular formula is C20H30O6S. The van der Waals surface area contributed by atoms with Crippen molar-refractivity contribution in [2.45, 2.75) is 67.2 Å². The lowest BCUT2D eigenvalue weighted by molar-refractivity contribution is -0.213. The van der Waals surface area contributed by atoms with Gasteiger partial charge in [0.1, 0.15) is 25.1 Å². The number of ether oxygens (including phenoxy) is 4. The standard InChI is InChI=1S/C20H30O6S/c1-23-14-24-19(16(21)13-27-15-8-4-2-5-9-15)18(22)17-12-25-20(26-17)10-6-3-7-11-20/h2,4-5,8-9,16-19,21-22H,3,6-7,10-14H2,1H3/t16-,17+,18+,19+/m0/s1. The van der Waals surface area contributed by atoms with Crippen molar-refractivity contribution in [2.24, 2.45) is 0 Å². The second-order valence-corrected chi connectivity index (χ2v) is 8.25. The normalized spacial score (nSPS) is 25.4. The largest absolute Gasteiger partial charge is 0.389 e. The van der Waals surface area contributed by atoms with Crippen LogP contribution in [0.4, 0.5) is 0 Å². The molecular weight excluding hydrogens is 368 g/mol. The molecule has 1 saturated carbocycles. The SMILES string of the molecule is COCO[C@@H]([C@H](O)[C@H]1COC2(CCCCC2)O1)[C@@H](O)CSc1ccccc1. The predicted octanol–water partition coefficient (Wildman–Crippen LogP) is 2.57. The Bertz CT molecular complexity index is 551. The van der Waals surface area contributed by atoms with Gasteiger partial charge in [-0.05, 0) is 25.0 Å². The summed E-state index contributed by atoms with van der Waals surface area (Å²) < 4.78 is 22.6. The molecule has 0 radical (unpaired) electrons. The highest BCUT2D eigenvalue weighted by Gasteiger charge is 2.47. The Morgan fingerprint density at radius 3 is 2.63 bits per heavy atom. The molecule has 7 heteroatoms. The fourth-order valence-electron chi connectivity index (χ4n) is 3.69. The number of thioether (sulfide) groups is 1. The van der Waals surface area contributed by atoms with Gasteiger partial charge in [0.2, 0.25) is 0 Å². The van der Waals surface area contributed by atoms with Crippen LogP contribution in [0, 0.1) is 0 Å². The zero-order valence-electron chi connectivity index (χ0n) is 15.8. The van der Waals surface area contributed by atoms with Crippen LogP contribution in [0.2, 0.25) is 0 Å². The second kappa shape index (κ2) is 10.2. The summed E-state index contributed by atoms with van der Waals surface area (Å²) in [6.45, 7) is 0.306. The average molecular weight is 399 g/mol. The number of hydrogen-bond acceptors (Lipinski definition) is 7. The van der Waals surface area contributed by atoms with E-state index in [-0.39, 0.29) is 6.79 Å². The van der Waals surface area contributed by atoms with Gasteiger partial charge in [-0.3, -0.25) is 0 Å². The molecule has 2 N–H and O–H groups in total. The molecule has 0 bridgehead atoms. The van der Waals surface area contributed by atoms with Gasteiger partial charge in [-0.15, -0.1) is 11.8 Å². The van der Waals surface area contributed by atoms with E-state index >= 15 is 0 Å². The Kier molecular flexibility index (Phi) is 7.96. The summed E-state index contributed by atoms with van der Waals surface area (Å²) in [5, 5.41) is 21.5. The van der Waals surface area contributed by atoms with Crippen molar-refractivity contribution in [3.8, 4) is 0 Å². The quantitative estimate of drug-likeness (QED) is 0.489. The monoisotopic (exact) mass is 398 g/mol. The lowest BCUT2D eigenvalue weighted by Gasteiger charge is -2.34. The third-order valence-electron chi connectivity index (χ3n) is 5.13. The third kappa shape index (κ3) is 5.67. The van der Waals surface area contributed by atoms with Crippen LogP contribution < -0.4 is 0 Å². The average Bonchev–Trinajstić information content (AvgIpc) is 3.11. The molecule has 4 atom stereocenters. The summed E-state index contributed by atoms with van der Waals surface area (Å²) in [5.41, 5.74) is 0. The molecule has 1 aromatic rings. The summed E-state index contributed by atoms with van der Waals surface area (Å²) in [5.74, 6) is -0.173. The third-order valence-corrected chi connectivity index (χ3v) is 6.24. The molecule has 152 valence electrons. The maximum absolute atomic E-state index is 10.9. The molecule has 0 unspecified atom stereocenters. The molecule has 1 aliphatic carbocycles. The fourth-order valence-corrected chi connectivity index (χ4v) is 4.59. The van der Waals surface area contributed by atoms with Crippen molar-refractivity contribution in [1.29, 1.82) is 0 Å². The van der Waals surface area contributed by atoms with E-state index in [0.29, 0.717) is 12.4 Å². The first-order valence-corrected chi connectivity index (χ1v) is 10.6. The Morgan fingerprint density at radius 1 is 1.19 bits per heavy atom. The van der Waals surface area contributed by atoms with Crippen LogP contribution in [0.5, 0.6) is 0 Å². The van der Waals surface area contributed by atoms with Crippen LogP contribution in [0.3, 0.4) is 0 Å². The highest BCUT2D eigenvalue weighted by molar-refractivity contribution is 7.99. The predicted molar refractivity (Wildman–Crippen MR) is 103 cm³/mol. The highest BCUT2D eigenvalue weighted by atomic mass is 32.2. The minimum Gasteiger partial charge on any atom is -0.389 e. The molecule has 1 aromatic carbocycles. The van der Waals surface area contributed by atoms with E-state index in [1.807, 2.05) is 30.3 Å². The number of methoxy groups -OCH3 is 1. The Labute approximate surface area is 165 Å². The smallest absolute Gasteiger partial charge is 0.169 e. The lowest BCUT2D eigenvalue weighted by atomic mass is 9.94. The van der Waals surface area contributed by atoms with Crippen LogP contribution in [0.25, 0.3) is 0 Å². The lowest BCUT2D eigenvalue weighted by Crippen LogP contribution is -2.49. The number of aliphatic hydroxyl groups is 2. The van der Waals surface area contributed by atoms with Crippen LogP contribution in [-0.4, -0.2) is 66.7 Å². The van der Waals surface area contributed by atoms with E-state index in [1.165, 1.54) is 25.3 Å². The summed E-state index contributed by atoms with van der Waals surface area (Å²) >= 11 is 1.52. The van der Waals surface area contributed by atoms with E-state index in [4.69, 9.17) is 18.9 Å². The second-order valence-electron chi connectivity index (χ2n) is 7.16. The molecule has 0 aromatic heterocycles. The summed E-state index contributed by atoms with van der Waals surface area (Å²) in [6, 6.07) is 9.83. The van der Waals surface area contributed by atoms with Gasteiger partial charge in [0.25, 0.3) is 0 Å². The number of aliphatic hydroxyl groups excluding tert-OH is 2. The van der Waals surface area contributed by atoms with Gasteiger partial charge in [0, 0.05) is 30.6 Å². The first-order valence-electron chi connectivity index (χ1n) is 9.60. The zero-order chi connectivity index (χ0) is 19.1. The van der Waals surface area contributed by atoms with E-state index in [9.17, 15) is 10.2 Å². The van der Waals surface area contributed by atoms with Gasteiger partial charge in [-0.25, -0.2) is 0 Å². The van der Waals surface area contributed by atoms with E-state index in [2.05, 4.69) is 0 Å². The van der Waals surface area contributed by atoms with Crippen molar-refractivity contribution in [2.75, 3.05) is 26.3 Å². The van der Waals surface area contributed by atoms with Gasteiger partial charge in [0.05, 0.1) is 12.7 Å².